The highest BCUT2D eigenvalue weighted by atomic mass is 15.5. The van der Waals surface area contributed by atoms with E-state index >= 15 is 0 Å². The van der Waals surface area contributed by atoms with Crippen LogP contribution < -0.4 is 5.43 Å². The Morgan fingerprint density at radius 3 is 2.79 bits per heavy atom. The highest BCUT2D eigenvalue weighted by Gasteiger charge is 2.04. The molecule has 2 aromatic rings. The molecule has 0 atom stereocenters. The predicted octanol–water partition coefficient (Wildman–Crippen LogP) is 0.786. The number of nitrogens with one attached hydrogen (secondary N) is 1. The number of aromatic nitrogens is 4. The highest BCUT2D eigenvalue weighted by molar-refractivity contribution is 6.10. The first-order valence-electron chi connectivity index (χ1n) is 5.24. The predicted molar refractivity (Wildman–Crippen MR) is 66.2 cm³/mol. The minimum absolute atomic E-state index is 0.246. The normalized spacial score (nSPS) is 9.21. The fourth-order valence-corrected chi connectivity index (χ4v) is 1.37. The molecule has 1 aromatic carbocycles. The van der Waals surface area contributed by atoms with Gasteiger partial charge < -0.3 is 0 Å². The largest absolute Gasteiger partial charge is 0.276 e. The van der Waals surface area contributed by atoms with Crippen molar-refractivity contribution in [1.82, 2.24) is 20.2 Å². The van der Waals surface area contributed by atoms with Gasteiger partial charge in [0.1, 0.15) is 12.1 Å². The lowest BCUT2D eigenvalue weighted by Gasteiger charge is -2.04. The smallest absolute Gasteiger partial charge is 0.237 e. The first-order valence-corrected chi connectivity index (χ1v) is 5.24. The van der Waals surface area contributed by atoms with Crippen LogP contribution in [0.1, 0.15) is 5.82 Å². The molecule has 0 unspecified atom stereocenters. The molecule has 0 bridgehead atoms. The van der Waals surface area contributed by atoms with Crippen LogP contribution in [-0.4, -0.2) is 25.9 Å². The molecule has 1 heterocycles. The van der Waals surface area contributed by atoms with Crippen LogP contribution in [0, 0.1) is 29.6 Å². The Bertz CT molecular complexity index is 684. The molecule has 1 aromatic heterocycles. The molecule has 0 aliphatic carbocycles. The molecule has 0 aliphatic heterocycles. The molecule has 0 saturated heterocycles. The minimum Gasteiger partial charge on any atom is -0.276 e. The van der Waals surface area contributed by atoms with Gasteiger partial charge in [-0.3, -0.25) is 5.43 Å². The highest BCUT2D eigenvalue weighted by Crippen LogP contribution is 2.14. The number of nitriles is 2. The van der Waals surface area contributed by atoms with Gasteiger partial charge >= 0.3 is 0 Å². The lowest BCUT2D eigenvalue weighted by molar-refractivity contribution is 0.779. The Morgan fingerprint density at radius 2 is 2.16 bits per heavy atom. The fraction of sp³-hybridized carbons (Fsp3) is 0.0909. The second kappa shape index (κ2) is 5.38. The molecule has 92 valence electrons. The molecule has 0 amide bonds. The van der Waals surface area contributed by atoms with Crippen LogP contribution >= 0.6 is 0 Å². The van der Waals surface area contributed by atoms with E-state index in [1.165, 1.54) is 0 Å². The van der Waals surface area contributed by atoms with Crippen LogP contribution in [0.25, 0.3) is 5.69 Å². The van der Waals surface area contributed by atoms with E-state index < -0.39 is 0 Å². The van der Waals surface area contributed by atoms with Crippen LogP contribution in [0.4, 0.5) is 5.69 Å². The summed E-state index contributed by atoms with van der Waals surface area (Å²) in [6.45, 7) is 1.78. The number of aryl methyl sites for hydroxylation is 1. The van der Waals surface area contributed by atoms with E-state index in [1.54, 1.807) is 41.9 Å². The van der Waals surface area contributed by atoms with Gasteiger partial charge in [0.25, 0.3) is 0 Å². The molecule has 0 radical (unpaired) electrons. The maximum Gasteiger partial charge on any atom is 0.237 e. The third-order valence-corrected chi connectivity index (χ3v) is 2.22. The summed E-state index contributed by atoms with van der Waals surface area (Å²) in [5, 5.41) is 32.0. The van der Waals surface area contributed by atoms with Gasteiger partial charge in [-0.2, -0.15) is 20.3 Å². The van der Waals surface area contributed by atoms with Crippen LogP contribution in [-0.2, 0) is 0 Å². The zero-order chi connectivity index (χ0) is 13.7. The number of benzene rings is 1. The Kier molecular flexibility index (Phi) is 3.46. The number of hydrazone groups is 1. The van der Waals surface area contributed by atoms with Crippen LogP contribution in [0.3, 0.4) is 0 Å². The number of rotatable bonds is 3. The van der Waals surface area contributed by atoms with E-state index in [1.807, 2.05) is 6.07 Å². The molecule has 0 saturated carbocycles. The molecule has 0 fully saturated rings. The van der Waals surface area contributed by atoms with Crippen LogP contribution in [0.5, 0.6) is 0 Å². The van der Waals surface area contributed by atoms with Crippen molar-refractivity contribution in [3.63, 3.8) is 0 Å². The van der Waals surface area contributed by atoms with Gasteiger partial charge in [-0.25, -0.2) is 0 Å². The monoisotopic (exact) mass is 252 g/mol. The standard InChI is InChI=1S/C11H8N8/c1-8-14-17-18-19(8)11-4-2-3-9(5-11)15-16-10(6-12)7-13/h2-5,15H,1H3. The SMILES string of the molecule is Cc1nnnn1-c1cccc(NN=C(C#N)C#N)c1. The van der Waals surface area contributed by atoms with Crippen molar-refractivity contribution in [2.45, 2.75) is 6.92 Å². The number of tetrazole rings is 1. The second-order valence-electron chi connectivity index (χ2n) is 3.48. The van der Waals surface area contributed by atoms with E-state index in [-0.39, 0.29) is 5.71 Å². The summed E-state index contributed by atoms with van der Waals surface area (Å²) < 4.78 is 1.56. The molecule has 1 N–H and O–H groups in total. The molecular formula is C11H8N8. The van der Waals surface area contributed by atoms with E-state index in [2.05, 4.69) is 26.1 Å². The topological polar surface area (TPSA) is 116 Å². The lowest BCUT2D eigenvalue weighted by atomic mass is 10.3. The second-order valence-corrected chi connectivity index (χ2v) is 3.48. The number of anilines is 1. The average molecular weight is 252 g/mol. The number of nitrogens with zero attached hydrogens (tertiary/aromatic N) is 7. The van der Waals surface area contributed by atoms with Crippen molar-refractivity contribution in [3.05, 3.63) is 30.1 Å². The molecule has 8 heteroatoms. The Labute approximate surface area is 108 Å². The van der Waals surface area contributed by atoms with Gasteiger partial charge in [0.05, 0.1) is 11.4 Å². The van der Waals surface area contributed by atoms with Crippen molar-refractivity contribution < 1.29 is 0 Å². The first kappa shape index (κ1) is 12.2. The summed E-state index contributed by atoms with van der Waals surface area (Å²) in [4.78, 5) is 0. The fourth-order valence-electron chi connectivity index (χ4n) is 1.37. The van der Waals surface area contributed by atoms with Crippen molar-refractivity contribution in [1.29, 1.82) is 10.5 Å². The van der Waals surface area contributed by atoms with E-state index in [0.29, 0.717) is 11.5 Å². The molecule has 8 nitrogen and oxygen atoms in total. The average Bonchev–Trinajstić information content (AvgIpc) is 2.86. The summed E-state index contributed by atoms with van der Waals surface area (Å²) in [7, 11) is 0. The van der Waals surface area contributed by atoms with Crippen molar-refractivity contribution >= 4 is 11.4 Å². The van der Waals surface area contributed by atoms with Gasteiger partial charge in [0.2, 0.25) is 5.71 Å². The van der Waals surface area contributed by atoms with Crippen LogP contribution in [0.15, 0.2) is 29.4 Å². The zero-order valence-electron chi connectivity index (χ0n) is 9.94. The van der Waals surface area contributed by atoms with Crippen molar-refractivity contribution in [2.24, 2.45) is 5.10 Å². The van der Waals surface area contributed by atoms with Gasteiger partial charge in [0, 0.05) is 0 Å². The Balaban J connectivity index is 2.27. The third-order valence-electron chi connectivity index (χ3n) is 2.22. The number of hydrogen-bond donors (Lipinski definition) is 1. The van der Waals surface area contributed by atoms with Crippen LogP contribution in [0.2, 0.25) is 0 Å². The molecule has 19 heavy (non-hydrogen) atoms. The lowest BCUT2D eigenvalue weighted by Crippen LogP contribution is -2.01. The van der Waals surface area contributed by atoms with Gasteiger partial charge in [-0.1, -0.05) is 6.07 Å². The summed E-state index contributed by atoms with van der Waals surface area (Å²) in [6, 6.07) is 10.4. The summed E-state index contributed by atoms with van der Waals surface area (Å²) in [5.74, 6) is 0.649. The zero-order valence-corrected chi connectivity index (χ0v) is 9.94. The van der Waals surface area contributed by atoms with Crippen molar-refractivity contribution in [3.8, 4) is 17.8 Å². The third kappa shape index (κ3) is 2.70. The van der Waals surface area contributed by atoms with E-state index in [4.69, 9.17) is 10.5 Å². The van der Waals surface area contributed by atoms with Gasteiger partial charge in [0.15, 0.2) is 5.82 Å². The summed E-state index contributed by atoms with van der Waals surface area (Å²) >= 11 is 0. The number of hydrogen-bond acceptors (Lipinski definition) is 7. The minimum atomic E-state index is -0.246. The Morgan fingerprint density at radius 1 is 1.37 bits per heavy atom. The molecular weight excluding hydrogens is 244 g/mol. The summed E-state index contributed by atoms with van der Waals surface area (Å²) in [5.41, 5.74) is 3.75. The van der Waals surface area contributed by atoms with Gasteiger partial charge in [-0.15, -0.1) is 5.10 Å². The molecule has 0 spiro atoms. The van der Waals surface area contributed by atoms with Crippen molar-refractivity contribution in [2.75, 3.05) is 5.43 Å². The molecule has 2 rings (SSSR count). The van der Waals surface area contributed by atoms with E-state index in [0.717, 1.165) is 5.69 Å². The maximum absolute atomic E-state index is 8.57. The Hall–Kier alpha value is -3.26. The van der Waals surface area contributed by atoms with E-state index in [9.17, 15) is 0 Å². The maximum atomic E-state index is 8.57. The first-order chi connectivity index (χ1) is 9.24. The quantitative estimate of drug-likeness (QED) is 0.637. The summed E-state index contributed by atoms with van der Waals surface area (Å²) in [6.07, 6.45) is 0. The van der Waals surface area contributed by atoms with Gasteiger partial charge in [-0.05, 0) is 35.5 Å². The molecule has 0 aliphatic rings.